The Labute approximate surface area is 146 Å². The van der Waals surface area contributed by atoms with E-state index in [-0.39, 0.29) is 35.7 Å². The minimum absolute atomic E-state index is 0.0881. The zero-order valence-corrected chi connectivity index (χ0v) is 14.4. The number of carbonyl (C=O) groups is 3. The lowest BCUT2D eigenvalue weighted by atomic mass is 9.78. The zero-order chi connectivity index (χ0) is 18.0. The van der Waals surface area contributed by atoms with Crippen molar-refractivity contribution in [3.8, 4) is 0 Å². The molecule has 0 N–H and O–H groups in total. The molecule has 2 aliphatic heterocycles. The van der Waals surface area contributed by atoms with E-state index < -0.39 is 0 Å². The molecule has 6 heteroatoms. The predicted octanol–water partition coefficient (Wildman–Crippen LogP) is 2.02. The molecule has 2 unspecified atom stereocenters. The highest BCUT2D eigenvalue weighted by Gasteiger charge is 2.40. The highest BCUT2D eigenvalue weighted by molar-refractivity contribution is 6.28. The van der Waals surface area contributed by atoms with Gasteiger partial charge in [0.25, 0.3) is 11.8 Å². The van der Waals surface area contributed by atoms with Crippen LogP contribution in [0.3, 0.4) is 0 Å². The van der Waals surface area contributed by atoms with Gasteiger partial charge in [0, 0.05) is 17.6 Å². The second-order valence-electron chi connectivity index (χ2n) is 6.77. The first-order chi connectivity index (χ1) is 11.9. The molecule has 2 atom stereocenters. The lowest BCUT2D eigenvalue weighted by molar-refractivity contribution is -0.179. The number of amides is 2. The topological polar surface area (TPSA) is 72.9 Å². The van der Waals surface area contributed by atoms with Gasteiger partial charge in [-0.2, -0.15) is 0 Å². The van der Waals surface area contributed by atoms with Crippen molar-refractivity contribution in [1.29, 1.82) is 0 Å². The molecule has 1 fully saturated rings. The molecule has 0 radical (unpaired) electrons. The Bertz CT molecular complexity index is 706. The number of anilines is 1. The molecule has 2 heterocycles. The van der Waals surface area contributed by atoms with E-state index in [1.807, 2.05) is 6.92 Å². The second-order valence-corrected chi connectivity index (χ2v) is 6.77. The Morgan fingerprint density at radius 1 is 1.24 bits per heavy atom. The molecular weight excluding hydrogens is 322 g/mol. The number of esters is 1. The highest BCUT2D eigenvalue weighted by atomic mass is 16.5. The molecule has 1 aromatic rings. The summed E-state index contributed by atoms with van der Waals surface area (Å²) in [5.74, 6) is -1.01. The van der Waals surface area contributed by atoms with Crippen LogP contribution in [0.1, 0.15) is 25.8 Å². The smallest absolute Gasteiger partial charge is 0.310 e. The number of carbonyl (C=O) groups excluding carboxylic acids is 3. The maximum absolute atomic E-state index is 11.9. The monoisotopic (exact) mass is 343 g/mol. The molecule has 132 valence electrons. The SMILES string of the molecule is CC1OCC1(C)CCOC(=O)Cc1ccc(N2C(=O)C=CC2=O)cc1. The van der Waals surface area contributed by atoms with Crippen LogP contribution in [0, 0.1) is 5.41 Å². The third-order valence-corrected chi connectivity index (χ3v) is 4.93. The van der Waals surface area contributed by atoms with Gasteiger partial charge in [-0.25, -0.2) is 4.90 Å². The molecule has 2 aliphatic rings. The molecule has 0 bridgehead atoms. The van der Waals surface area contributed by atoms with E-state index in [1.165, 1.54) is 12.2 Å². The quantitative estimate of drug-likeness (QED) is 0.584. The molecule has 2 amide bonds. The standard InChI is InChI=1S/C19H21NO5/c1-13-19(2,12-25-13)9-10-24-18(23)11-14-3-5-15(6-4-14)20-16(21)7-8-17(20)22/h3-8,13H,9-12H2,1-2H3. The molecule has 0 aromatic heterocycles. The van der Waals surface area contributed by atoms with E-state index in [2.05, 4.69) is 6.92 Å². The van der Waals surface area contributed by atoms with Crippen LogP contribution in [-0.2, 0) is 30.3 Å². The maximum Gasteiger partial charge on any atom is 0.310 e. The van der Waals surface area contributed by atoms with Gasteiger partial charge < -0.3 is 9.47 Å². The number of nitrogens with zero attached hydrogens (tertiary/aromatic N) is 1. The first-order valence-electron chi connectivity index (χ1n) is 8.31. The van der Waals surface area contributed by atoms with E-state index in [0.29, 0.717) is 18.9 Å². The van der Waals surface area contributed by atoms with Crippen molar-refractivity contribution in [2.24, 2.45) is 5.41 Å². The summed E-state index contributed by atoms with van der Waals surface area (Å²) in [6.45, 7) is 5.24. The Balaban J connectivity index is 1.49. The summed E-state index contributed by atoms with van der Waals surface area (Å²) >= 11 is 0. The Hall–Kier alpha value is -2.47. The zero-order valence-electron chi connectivity index (χ0n) is 14.4. The van der Waals surface area contributed by atoms with Crippen molar-refractivity contribution >= 4 is 23.5 Å². The summed E-state index contributed by atoms with van der Waals surface area (Å²) in [6.07, 6.45) is 3.61. The van der Waals surface area contributed by atoms with Gasteiger partial charge in [0.05, 0.1) is 31.4 Å². The van der Waals surface area contributed by atoms with Crippen LogP contribution in [0.25, 0.3) is 0 Å². The predicted molar refractivity (Wildman–Crippen MR) is 90.9 cm³/mol. The summed E-state index contributed by atoms with van der Waals surface area (Å²) in [4.78, 5) is 36.3. The average molecular weight is 343 g/mol. The lowest BCUT2D eigenvalue weighted by Crippen LogP contribution is -2.48. The van der Waals surface area contributed by atoms with Gasteiger partial charge in [0.1, 0.15) is 0 Å². The van der Waals surface area contributed by atoms with E-state index in [9.17, 15) is 14.4 Å². The third kappa shape index (κ3) is 3.64. The van der Waals surface area contributed by atoms with Crippen molar-refractivity contribution in [1.82, 2.24) is 0 Å². The summed E-state index contributed by atoms with van der Waals surface area (Å²) < 4.78 is 10.7. The molecule has 6 nitrogen and oxygen atoms in total. The van der Waals surface area contributed by atoms with Gasteiger partial charge in [-0.05, 0) is 31.0 Å². The van der Waals surface area contributed by atoms with Gasteiger partial charge in [-0.3, -0.25) is 14.4 Å². The fraction of sp³-hybridized carbons (Fsp3) is 0.421. The van der Waals surface area contributed by atoms with Gasteiger partial charge in [-0.15, -0.1) is 0 Å². The lowest BCUT2D eigenvalue weighted by Gasteiger charge is -2.45. The number of ether oxygens (including phenoxy) is 2. The fourth-order valence-corrected chi connectivity index (χ4v) is 2.84. The Morgan fingerprint density at radius 2 is 1.88 bits per heavy atom. The van der Waals surface area contributed by atoms with Gasteiger partial charge in [0.2, 0.25) is 0 Å². The van der Waals surface area contributed by atoms with Crippen LogP contribution in [0.4, 0.5) is 5.69 Å². The number of rotatable bonds is 6. The summed E-state index contributed by atoms with van der Waals surface area (Å²) in [5.41, 5.74) is 1.35. The number of benzene rings is 1. The van der Waals surface area contributed by atoms with E-state index >= 15 is 0 Å². The van der Waals surface area contributed by atoms with Gasteiger partial charge in [0.15, 0.2) is 0 Å². The summed E-state index contributed by atoms with van der Waals surface area (Å²) in [6, 6.07) is 6.75. The molecule has 0 spiro atoms. The molecule has 3 rings (SSSR count). The minimum Gasteiger partial charge on any atom is -0.465 e. The van der Waals surface area contributed by atoms with E-state index in [4.69, 9.17) is 9.47 Å². The average Bonchev–Trinajstić information content (AvgIpc) is 2.93. The maximum atomic E-state index is 11.9. The Morgan fingerprint density at radius 3 is 2.40 bits per heavy atom. The van der Waals surface area contributed by atoms with Crippen molar-refractivity contribution in [3.63, 3.8) is 0 Å². The van der Waals surface area contributed by atoms with E-state index in [1.54, 1.807) is 24.3 Å². The van der Waals surface area contributed by atoms with Crippen molar-refractivity contribution in [2.45, 2.75) is 32.8 Å². The first kappa shape index (κ1) is 17.4. The second kappa shape index (κ2) is 6.80. The van der Waals surface area contributed by atoms with Crippen molar-refractivity contribution in [3.05, 3.63) is 42.0 Å². The van der Waals surface area contributed by atoms with E-state index in [0.717, 1.165) is 16.9 Å². The normalized spacial score (nSPS) is 25.2. The van der Waals surface area contributed by atoms with Crippen LogP contribution in [0.2, 0.25) is 0 Å². The molecular formula is C19H21NO5. The number of imide groups is 1. The van der Waals surface area contributed by atoms with Crippen LogP contribution < -0.4 is 4.90 Å². The van der Waals surface area contributed by atoms with Crippen LogP contribution in [0.5, 0.6) is 0 Å². The molecule has 0 aliphatic carbocycles. The number of hydrogen-bond acceptors (Lipinski definition) is 5. The van der Waals surface area contributed by atoms with Gasteiger partial charge in [-0.1, -0.05) is 19.1 Å². The molecule has 25 heavy (non-hydrogen) atoms. The molecule has 1 saturated heterocycles. The van der Waals surface area contributed by atoms with Crippen molar-refractivity contribution in [2.75, 3.05) is 18.1 Å². The minimum atomic E-state index is -0.361. The van der Waals surface area contributed by atoms with Crippen LogP contribution in [0.15, 0.2) is 36.4 Å². The largest absolute Gasteiger partial charge is 0.465 e. The summed E-state index contributed by atoms with van der Waals surface area (Å²) in [5, 5.41) is 0. The fourth-order valence-electron chi connectivity index (χ4n) is 2.84. The van der Waals surface area contributed by atoms with Crippen LogP contribution in [-0.4, -0.2) is 37.1 Å². The Kier molecular flexibility index (Phi) is 4.72. The molecule has 0 saturated carbocycles. The molecule has 1 aromatic carbocycles. The van der Waals surface area contributed by atoms with Crippen LogP contribution >= 0.6 is 0 Å². The number of hydrogen-bond donors (Lipinski definition) is 0. The highest BCUT2D eigenvalue weighted by Crippen LogP contribution is 2.37. The van der Waals surface area contributed by atoms with Crippen molar-refractivity contribution < 1.29 is 23.9 Å². The van der Waals surface area contributed by atoms with Gasteiger partial charge >= 0.3 is 5.97 Å². The third-order valence-electron chi connectivity index (χ3n) is 4.93. The summed E-state index contributed by atoms with van der Waals surface area (Å²) in [7, 11) is 0. The first-order valence-corrected chi connectivity index (χ1v) is 8.31.